The van der Waals surface area contributed by atoms with E-state index in [1.165, 1.54) is 18.3 Å². The second-order valence-electron chi connectivity index (χ2n) is 8.45. The van der Waals surface area contributed by atoms with E-state index >= 15 is 0 Å². The molecule has 0 bridgehead atoms. The van der Waals surface area contributed by atoms with E-state index in [1.54, 1.807) is 12.1 Å². The first kappa shape index (κ1) is 20.0. The van der Waals surface area contributed by atoms with Crippen molar-refractivity contribution >= 4 is 16.9 Å². The number of H-pyrrole nitrogens is 1. The summed E-state index contributed by atoms with van der Waals surface area (Å²) in [6.07, 6.45) is 2.04. The van der Waals surface area contributed by atoms with Crippen molar-refractivity contribution in [2.45, 2.75) is 39.7 Å². The first-order valence-corrected chi connectivity index (χ1v) is 9.44. The molecule has 0 saturated heterocycles. The second kappa shape index (κ2) is 6.90. The predicted molar refractivity (Wildman–Crippen MR) is 107 cm³/mol. The molecule has 3 aromatic rings. The highest BCUT2D eigenvalue weighted by Crippen LogP contribution is 2.49. The number of hydrogen-bond donors (Lipinski definition) is 2. The fraction of sp³-hybridized carbons (Fsp3) is 0.318. The largest absolute Gasteiger partial charge is 0.477 e. The monoisotopic (exact) mass is 414 g/mol. The average molecular weight is 414 g/mol. The number of ether oxygens (including phenoxy) is 1. The Labute approximate surface area is 170 Å². The van der Waals surface area contributed by atoms with Gasteiger partial charge in [-0.15, -0.1) is 0 Å². The zero-order chi connectivity index (χ0) is 21.8. The Bertz CT molecular complexity index is 1230. The lowest BCUT2D eigenvalue weighted by molar-refractivity contribution is -0.0489. The lowest BCUT2D eigenvalue weighted by Gasteiger charge is -2.37. The maximum Gasteiger partial charge on any atom is 0.387 e. The number of carboxylic acid groups (broad SMARTS) is 1. The Morgan fingerprint density at radius 1 is 1.33 bits per heavy atom. The van der Waals surface area contributed by atoms with Gasteiger partial charge >= 0.3 is 12.6 Å². The molecule has 30 heavy (non-hydrogen) atoms. The van der Waals surface area contributed by atoms with E-state index in [9.17, 15) is 23.5 Å². The molecule has 1 aliphatic carbocycles. The Morgan fingerprint density at radius 3 is 2.70 bits per heavy atom. The molecule has 0 fully saturated rings. The third-order valence-corrected chi connectivity index (χ3v) is 5.58. The minimum Gasteiger partial charge on any atom is -0.477 e. The van der Waals surface area contributed by atoms with Gasteiger partial charge in [0, 0.05) is 17.1 Å². The van der Waals surface area contributed by atoms with Gasteiger partial charge in [0.25, 0.3) is 5.56 Å². The second-order valence-corrected chi connectivity index (χ2v) is 8.45. The third kappa shape index (κ3) is 3.22. The lowest BCUT2D eigenvalue weighted by atomic mass is 9.68. The molecule has 1 unspecified atom stereocenters. The van der Waals surface area contributed by atoms with Crippen LogP contribution in [0.4, 0.5) is 8.78 Å². The minimum atomic E-state index is -3.04. The summed E-state index contributed by atoms with van der Waals surface area (Å²) in [7, 11) is 0. The van der Waals surface area contributed by atoms with Gasteiger partial charge in [0.2, 0.25) is 0 Å². The van der Waals surface area contributed by atoms with E-state index in [0.29, 0.717) is 34.1 Å². The standard InChI is InChI=1S/C22H20F2N2O4/c1-22(2,3)15-8-11-10-5-4-6-25-18(10)16(30-21(23)24)9-12(11)17-13(15)7-14(20(28)29)19(27)26-17/h4-7,9,15,21H,8H2,1-3H3,(H,26,27)(H,28,29). The molecule has 0 saturated carbocycles. The van der Waals surface area contributed by atoms with Gasteiger partial charge < -0.3 is 14.8 Å². The van der Waals surface area contributed by atoms with Crippen LogP contribution in [0.1, 0.15) is 48.2 Å². The molecule has 1 aromatic carbocycles. The number of alkyl halides is 2. The van der Waals surface area contributed by atoms with Gasteiger partial charge in [-0.1, -0.05) is 26.8 Å². The number of pyridine rings is 2. The molecule has 0 amide bonds. The van der Waals surface area contributed by atoms with Gasteiger partial charge in [-0.3, -0.25) is 9.78 Å². The van der Waals surface area contributed by atoms with Gasteiger partial charge in [-0.05, 0) is 47.1 Å². The van der Waals surface area contributed by atoms with Crippen LogP contribution in [0.3, 0.4) is 0 Å². The molecule has 4 rings (SSSR count). The summed E-state index contributed by atoms with van der Waals surface area (Å²) in [5.74, 6) is -1.52. The molecular weight excluding hydrogens is 394 g/mol. The summed E-state index contributed by atoms with van der Waals surface area (Å²) in [6, 6.07) is 6.35. The molecule has 2 aromatic heterocycles. The number of fused-ring (bicyclic) bond motifs is 5. The maximum absolute atomic E-state index is 13.0. The van der Waals surface area contributed by atoms with E-state index in [0.717, 1.165) is 5.56 Å². The van der Waals surface area contributed by atoms with Crippen molar-refractivity contribution in [3.63, 3.8) is 0 Å². The van der Waals surface area contributed by atoms with Crippen molar-refractivity contribution in [2.24, 2.45) is 5.41 Å². The lowest BCUT2D eigenvalue weighted by Crippen LogP contribution is -2.29. The maximum atomic E-state index is 13.0. The van der Waals surface area contributed by atoms with Gasteiger partial charge in [-0.25, -0.2) is 4.79 Å². The van der Waals surface area contributed by atoms with Crippen LogP contribution in [0.25, 0.3) is 22.2 Å². The number of halogens is 2. The smallest absolute Gasteiger partial charge is 0.387 e. The highest BCUT2D eigenvalue weighted by atomic mass is 19.3. The number of carbonyl (C=O) groups is 1. The Morgan fingerprint density at radius 2 is 2.07 bits per heavy atom. The number of rotatable bonds is 3. The molecule has 2 heterocycles. The van der Waals surface area contributed by atoms with Gasteiger partial charge in [0.05, 0.1) is 5.69 Å². The van der Waals surface area contributed by atoms with Crippen LogP contribution in [0.15, 0.2) is 35.3 Å². The molecule has 0 radical (unpaired) electrons. The van der Waals surface area contributed by atoms with Crippen LogP contribution >= 0.6 is 0 Å². The van der Waals surface area contributed by atoms with Gasteiger partial charge in [0.15, 0.2) is 5.75 Å². The molecule has 8 heteroatoms. The van der Waals surface area contributed by atoms with Gasteiger partial charge in [-0.2, -0.15) is 8.78 Å². The van der Waals surface area contributed by atoms with E-state index in [4.69, 9.17) is 4.74 Å². The third-order valence-electron chi connectivity index (χ3n) is 5.58. The molecule has 156 valence electrons. The topological polar surface area (TPSA) is 92.3 Å². The number of benzene rings is 1. The number of aromatic amines is 1. The molecule has 0 aliphatic heterocycles. The Balaban J connectivity index is 2.09. The van der Waals surface area contributed by atoms with Crippen LogP contribution in [0.5, 0.6) is 5.75 Å². The van der Waals surface area contributed by atoms with E-state index in [-0.39, 0.29) is 22.6 Å². The first-order chi connectivity index (χ1) is 14.1. The number of carboxylic acids is 1. The van der Waals surface area contributed by atoms with Gasteiger partial charge in [0.1, 0.15) is 11.1 Å². The summed E-state index contributed by atoms with van der Waals surface area (Å²) in [5, 5.41) is 10.1. The van der Waals surface area contributed by atoms with Crippen molar-refractivity contribution in [2.75, 3.05) is 0 Å². The normalized spacial score (nSPS) is 15.7. The quantitative estimate of drug-likeness (QED) is 0.655. The van der Waals surface area contributed by atoms with E-state index in [2.05, 4.69) is 9.97 Å². The summed E-state index contributed by atoms with van der Waals surface area (Å²) in [4.78, 5) is 30.9. The van der Waals surface area contributed by atoms with Crippen LogP contribution in [0, 0.1) is 5.41 Å². The van der Waals surface area contributed by atoms with Crippen molar-refractivity contribution in [1.29, 1.82) is 0 Å². The van der Waals surface area contributed by atoms with Crippen LogP contribution in [-0.4, -0.2) is 27.7 Å². The van der Waals surface area contributed by atoms with Crippen molar-refractivity contribution in [3.8, 4) is 17.0 Å². The number of aromatic nitrogens is 2. The van der Waals surface area contributed by atoms with E-state index in [1.807, 2.05) is 20.8 Å². The van der Waals surface area contributed by atoms with Crippen LogP contribution in [-0.2, 0) is 6.42 Å². The SMILES string of the molecule is CC(C)(C)C1Cc2c(cc(OC(F)F)c3ncccc23)-c2[nH]c(=O)c(C(=O)O)cc21. The van der Waals surface area contributed by atoms with Crippen LogP contribution < -0.4 is 10.3 Å². The zero-order valence-electron chi connectivity index (χ0n) is 16.6. The summed E-state index contributed by atoms with van der Waals surface area (Å²) in [5.41, 5.74) is 1.45. The molecular formula is C22H20F2N2O4. The number of nitrogens with one attached hydrogen (secondary N) is 1. The number of aromatic carboxylic acids is 1. The first-order valence-electron chi connectivity index (χ1n) is 9.44. The molecule has 1 aliphatic rings. The molecule has 0 spiro atoms. The predicted octanol–water partition coefficient (Wildman–Crippen LogP) is 4.58. The average Bonchev–Trinajstić information content (AvgIpc) is 2.65. The Hall–Kier alpha value is -3.29. The van der Waals surface area contributed by atoms with Crippen molar-refractivity contribution < 1.29 is 23.4 Å². The van der Waals surface area contributed by atoms with E-state index < -0.39 is 18.1 Å². The highest BCUT2D eigenvalue weighted by molar-refractivity contribution is 5.95. The summed E-state index contributed by atoms with van der Waals surface area (Å²) < 4.78 is 30.8. The number of hydrogen-bond acceptors (Lipinski definition) is 4. The number of nitrogens with zero attached hydrogens (tertiary/aromatic N) is 1. The molecule has 2 N–H and O–H groups in total. The van der Waals surface area contributed by atoms with Crippen molar-refractivity contribution in [1.82, 2.24) is 9.97 Å². The molecule has 6 nitrogen and oxygen atoms in total. The summed E-state index contributed by atoms with van der Waals surface area (Å²) >= 11 is 0. The molecule has 1 atom stereocenters. The zero-order valence-corrected chi connectivity index (χ0v) is 16.6. The fourth-order valence-electron chi connectivity index (χ4n) is 4.20. The van der Waals surface area contributed by atoms with Crippen molar-refractivity contribution in [3.05, 3.63) is 57.5 Å². The highest BCUT2D eigenvalue weighted by Gasteiger charge is 2.36. The fourth-order valence-corrected chi connectivity index (χ4v) is 4.20. The summed E-state index contributed by atoms with van der Waals surface area (Å²) in [6.45, 7) is 3.07. The minimum absolute atomic E-state index is 0.0948. The van der Waals surface area contributed by atoms with Crippen LogP contribution in [0.2, 0.25) is 0 Å². The Kier molecular flexibility index (Phi) is 4.60.